The number of carbonyl (C=O) groups excluding carboxylic acids is 3. The molecule has 0 saturated carbocycles. The minimum atomic E-state index is -0.585. The molecule has 0 N–H and O–H groups in total. The number of benzene rings is 2. The molecule has 1 aliphatic rings. The second kappa shape index (κ2) is 7.94. The summed E-state index contributed by atoms with van der Waals surface area (Å²) in [4.78, 5) is 37.9. The fourth-order valence-corrected chi connectivity index (χ4v) is 3.10. The zero-order valence-electron chi connectivity index (χ0n) is 14.8. The van der Waals surface area contributed by atoms with Crippen molar-refractivity contribution in [2.45, 2.75) is 13.3 Å². The number of rotatable bonds is 6. The minimum Gasteiger partial charge on any atom is -0.463 e. The quantitative estimate of drug-likeness (QED) is 0.493. The van der Waals surface area contributed by atoms with Gasteiger partial charge in [-0.3, -0.25) is 14.4 Å². The van der Waals surface area contributed by atoms with Gasteiger partial charge in [0.25, 0.3) is 0 Å². The van der Waals surface area contributed by atoms with Gasteiger partial charge in [-0.25, -0.2) is 0 Å². The SMILES string of the molecule is CCOCCOC(=O)Cc1c(C#N)ccc2c1C(=O)c1ccccc1C2=O. The highest BCUT2D eigenvalue weighted by Gasteiger charge is 2.33. The molecule has 0 radical (unpaired) electrons. The van der Waals surface area contributed by atoms with Crippen molar-refractivity contribution in [3.8, 4) is 6.07 Å². The van der Waals surface area contributed by atoms with Gasteiger partial charge < -0.3 is 9.47 Å². The van der Waals surface area contributed by atoms with Gasteiger partial charge in [0, 0.05) is 28.9 Å². The molecule has 6 heteroatoms. The summed E-state index contributed by atoms with van der Waals surface area (Å²) >= 11 is 0. The predicted octanol–water partition coefficient (Wildman–Crippen LogP) is 2.46. The molecule has 136 valence electrons. The monoisotopic (exact) mass is 363 g/mol. The van der Waals surface area contributed by atoms with Gasteiger partial charge >= 0.3 is 5.97 Å². The third kappa shape index (κ3) is 3.50. The number of hydrogen-bond acceptors (Lipinski definition) is 6. The standard InChI is InChI=1S/C21H17NO5/c1-2-26-9-10-27-18(23)11-17-13(12-22)7-8-16-19(17)21(25)15-6-4-3-5-14(15)20(16)24/h3-8H,2,9-11H2,1H3. The lowest BCUT2D eigenvalue weighted by atomic mass is 9.80. The molecule has 6 nitrogen and oxygen atoms in total. The second-order valence-electron chi connectivity index (χ2n) is 5.92. The zero-order valence-corrected chi connectivity index (χ0v) is 14.8. The van der Waals surface area contributed by atoms with Crippen LogP contribution in [-0.2, 0) is 20.7 Å². The fourth-order valence-electron chi connectivity index (χ4n) is 3.10. The van der Waals surface area contributed by atoms with E-state index in [1.54, 1.807) is 24.3 Å². The van der Waals surface area contributed by atoms with E-state index in [2.05, 4.69) is 0 Å². The largest absolute Gasteiger partial charge is 0.463 e. The Morgan fingerprint density at radius 1 is 1.00 bits per heavy atom. The van der Waals surface area contributed by atoms with Gasteiger partial charge in [0.15, 0.2) is 11.6 Å². The Balaban J connectivity index is 1.98. The molecule has 3 rings (SSSR count). The van der Waals surface area contributed by atoms with E-state index in [-0.39, 0.29) is 59.0 Å². The molecule has 0 bridgehead atoms. The molecule has 2 aromatic carbocycles. The molecule has 0 spiro atoms. The Hall–Kier alpha value is -3.30. The molecular weight excluding hydrogens is 346 g/mol. The summed E-state index contributed by atoms with van der Waals surface area (Å²) in [5, 5.41) is 9.41. The van der Waals surface area contributed by atoms with Crippen LogP contribution in [0.25, 0.3) is 0 Å². The molecule has 0 heterocycles. The van der Waals surface area contributed by atoms with Gasteiger partial charge in [0.1, 0.15) is 6.61 Å². The first kappa shape index (κ1) is 18.5. The van der Waals surface area contributed by atoms with Gasteiger partial charge in [-0.15, -0.1) is 0 Å². The fraction of sp³-hybridized carbons (Fsp3) is 0.238. The molecular formula is C21H17NO5. The second-order valence-corrected chi connectivity index (χ2v) is 5.92. The topological polar surface area (TPSA) is 93.5 Å². The molecule has 27 heavy (non-hydrogen) atoms. The van der Waals surface area contributed by atoms with Crippen molar-refractivity contribution in [2.24, 2.45) is 0 Å². The first-order valence-electron chi connectivity index (χ1n) is 8.56. The van der Waals surface area contributed by atoms with E-state index in [0.717, 1.165) is 0 Å². The number of nitriles is 1. The first-order valence-corrected chi connectivity index (χ1v) is 8.56. The molecule has 2 aromatic rings. The average Bonchev–Trinajstić information content (AvgIpc) is 2.69. The number of nitrogens with zero attached hydrogens (tertiary/aromatic N) is 1. The molecule has 0 saturated heterocycles. The Kier molecular flexibility index (Phi) is 5.43. The molecule has 1 aliphatic carbocycles. The van der Waals surface area contributed by atoms with Gasteiger partial charge in [-0.1, -0.05) is 24.3 Å². The summed E-state index contributed by atoms with van der Waals surface area (Å²) in [7, 11) is 0. The van der Waals surface area contributed by atoms with Crippen LogP contribution in [0.3, 0.4) is 0 Å². The van der Waals surface area contributed by atoms with Crippen molar-refractivity contribution in [3.63, 3.8) is 0 Å². The van der Waals surface area contributed by atoms with Gasteiger partial charge in [0.05, 0.1) is 24.7 Å². The van der Waals surface area contributed by atoms with Crippen LogP contribution in [0.5, 0.6) is 0 Å². The van der Waals surface area contributed by atoms with Gasteiger partial charge in [0.2, 0.25) is 0 Å². The molecule has 0 aromatic heterocycles. The number of ketones is 2. The summed E-state index contributed by atoms with van der Waals surface area (Å²) in [5.74, 6) is -1.25. The predicted molar refractivity (Wildman–Crippen MR) is 95.6 cm³/mol. The Labute approximate surface area is 156 Å². The zero-order chi connectivity index (χ0) is 19.4. The smallest absolute Gasteiger partial charge is 0.310 e. The molecule has 0 amide bonds. The molecule has 0 unspecified atom stereocenters. The lowest BCUT2D eigenvalue weighted by Crippen LogP contribution is -2.24. The van der Waals surface area contributed by atoms with Crippen molar-refractivity contribution in [1.82, 2.24) is 0 Å². The lowest BCUT2D eigenvalue weighted by molar-refractivity contribution is -0.144. The Bertz CT molecular complexity index is 971. The molecule has 0 aliphatic heterocycles. The van der Waals surface area contributed by atoms with Crippen LogP contribution in [-0.4, -0.2) is 37.4 Å². The maximum atomic E-state index is 13.0. The highest BCUT2D eigenvalue weighted by atomic mass is 16.6. The van der Waals surface area contributed by atoms with E-state index in [0.29, 0.717) is 12.2 Å². The highest BCUT2D eigenvalue weighted by molar-refractivity contribution is 6.29. The number of hydrogen-bond donors (Lipinski definition) is 0. The van der Waals surface area contributed by atoms with Crippen LogP contribution in [0, 0.1) is 11.3 Å². The van der Waals surface area contributed by atoms with Crippen LogP contribution in [0.15, 0.2) is 36.4 Å². The van der Waals surface area contributed by atoms with E-state index in [4.69, 9.17) is 9.47 Å². The van der Waals surface area contributed by atoms with Crippen LogP contribution in [0.1, 0.15) is 49.9 Å². The third-order valence-corrected chi connectivity index (χ3v) is 4.34. The minimum absolute atomic E-state index is 0.0826. The maximum Gasteiger partial charge on any atom is 0.310 e. The van der Waals surface area contributed by atoms with Gasteiger partial charge in [-0.2, -0.15) is 5.26 Å². The van der Waals surface area contributed by atoms with E-state index < -0.39 is 5.97 Å². The summed E-state index contributed by atoms with van der Waals surface area (Å²) in [6.07, 6.45) is -0.265. The number of ether oxygens (including phenoxy) is 2. The summed E-state index contributed by atoms with van der Waals surface area (Å²) in [6, 6.07) is 11.4. The van der Waals surface area contributed by atoms with E-state index in [9.17, 15) is 19.6 Å². The first-order chi connectivity index (χ1) is 13.1. The van der Waals surface area contributed by atoms with Gasteiger partial charge in [-0.05, 0) is 24.6 Å². The number of fused-ring (bicyclic) bond motifs is 2. The van der Waals surface area contributed by atoms with Crippen molar-refractivity contribution in [1.29, 1.82) is 5.26 Å². The van der Waals surface area contributed by atoms with Crippen LogP contribution < -0.4 is 0 Å². The van der Waals surface area contributed by atoms with Crippen molar-refractivity contribution in [2.75, 3.05) is 19.8 Å². The Morgan fingerprint density at radius 3 is 2.37 bits per heavy atom. The molecule has 0 fully saturated rings. The van der Waals surface area contributed by atoms with Crippen molar-refractivity contribution >= 4 is 17.5 Å². The average molecular weight is 363 g/mol. The number of carbonyl (C=O) groups is 3. The summed E-state index contributed by atoms with van der Waals surface area (Å²) in [6.45, 7) is 2.69. The highest BCUT2D eigenvalue weighted by Crippen LogP contribution is 2.31. The van der Waals surface area contributed by atoms with Crippen LogP contribution in [0.2, 0.25) is 0 Å². The van der Waals surface area contributed by atoms with E-state index in [1.807, 2.05) is 13.0 Å². The van der Waals surface area contributed by atoms with Crippen molar-refractivity contribution < 1.29 is 23.9 Å². The maximum absolute atomic E-state index is 13.0. The number of esters is 1. The summed E-state index contributed by atoms with van der Waals surface area (Å²) < 4.78 is 10.2. The third-order valence-electron chi connectivity index (χ3n) is 4.34. The normalized spacial score (nSPS) is 12.1. The van der Waals surface area contributed by atoms with E-state index in [1.165, 1.54) is 12.1 Å². The van der Waals surface area contributed by atoms with E-state index >= 15 is 0 Å². The van der Waals surface area contributed by atoms with Crippen LogP contribution in [0.4, 0.5) is 0 Å². The summed E-state index contributed by atoms with van der Waals surface area (Å²) in [5.41, 5.74) is 1.32. The lowest BCUT2D eigenvalue weighted by Gasteiger charge is -2.20. The van der Waals surface area contributed by atoms with Crippen LogP contribution >= 0.6 is 0 Å². The molecule has 0 atom stereocenters. The van der Waals surface area contributed by atoms with Crippen molar-refractivity contribution in [3.05, 3.63) is 69.8 Å². The Morgan fingerprint density at radius 2 is 1.70 bits per heavy atom.